The number of sulfonamides is 1. The summed E-state index contributed by atoms with van der Waals surface area (Å²) in [6, 6.07) is 10.5. The van der Waals surface area contributed by atoms with Gasteiger partial charge in [-0.1, -0.05) is 44.2 Å². The van der Waals surface area contributed by atoms with Gasteiger partial charge in [0.2, 0.25) is 10.0 Å². The maximum absolute atomic E-state index is 12.7. The van der Waals surface area contributed by atoms with E-state index in [9.17, 15) is 8.42 Å². The number of likely N-dealkylation sites (tertiary alicyclic amines) is 1. The maximum Gasteiger partial charge on any atom is 0.217 e. The molecule has 1 spiro atoms. The largest absolute Gasteiger partial charge is 0.298 e. The number of benzene rings is 1. The molecule has 3 heterocycles. The molecule has 2 saturated heterocycles. The molecule has 156 valence electrons. The van der Waals surface area contributed by atoms with Gasteiger partial charge in [-0.05, 0) is 18.4 Å². The molecular formula is C21H29N5O2S. The first-order valence-electron chi connectivity index (χ1n) is 10.5. The number of hydrogen-bond acceptors (Lipinski definition) is 5. The summed E-state index contributed by atoms with van der Waals surface area (Å²) < 4.78 is 27.1. The number of aromatic amines is 1. The lowest BCUT2D eigenvalue weighted by Gasteiger charge is -2.49. The molecule has 29 heavy (non-hydrogen) atoms. The fraction of sp³-hybridized carbons (Fsp3) is 0.619. The van der Waals surface area contributed by atoms with E-state index in [1.54, 1.807) is 4.31 Å². The van der Waals surface area contributed by atoms with E-state index < -0.39 is 10.0 Å². The third-order valence-electron chi connectivity index (χ3n) is 6.62. The SMILES string of the molecule is CC(C)c1n[nH]c(C2CN(Cc3ccccc3)CC23CN(S(=O)(=O)C2CC2)C3)n1. The summed E-state index contributed by atoms with van der Waals surface area (Å²) >= 11 is 0. The van der Waals surface area contributed by atoms with Gasteiger partial charge in [-0.3, -0.25) is 10.00 Å². The molecule has 1 aromatic carbocycles. The molecule has 3 fully saturated rings. The smallest absolute Gasteiger partial charge is 0.217 e. The highest BCUT2D eigenvalue weighted by Crippen LogP contribution is 2.51. The van der Waals surface area contributed by atoms with Gasteiger partial charge in [0.05, 0.1) is 5.25 Å². The molecule has 3 aliphatic rings. The summed E-state index contributed by atoms with van der Waals surface area (Å²) in [6.07, 6.45) is 1.63. The lowest BCUT2D eigenvalue weighted by Crippen LogP contribution is -2.62. The zero-order chi connectivity index (χ0) is 20.2. The van der Waals surface area contributed by atoms with Crippen LogP contribution in [0.4, 0.5) is 0 Å². The Kier molecular flexibility index (Phi) is 4.56. The molecule has 1 aliphatic carbocycles. The zero-order valence-corrected chi connectivity index (χ0v) is 17.9. The van der Waals surface area contributed by atoms with Crippen LogP contribution < -0.4 is 0 Å². The number of nitrogens with one attached hydrogen (secondary N) is 1. The summed E-state index contributed by atoms with van der Waals surface area (Å²) in [5, 5.41) is 7.44. The highest BCUT2D eigenvalue weighted by atomic mass is 32.2. The van der Waals surface area contributed by atoms with Crippen molar-refractivity contribution in [2.75, 3.05) is 26.2 Å². The first kappa shape index (κ1) is 19.2. The molecule has 1 aromatic heterocycles. The molecule has 1 N–H and O–H groups in total. The Labute approximate surface area is 172 Å². The number of rotatable bonds is 6. The highest BCUT2D eigenvalue weighted by molar-refractivity contribution is 7.90. The van der Waals surface area contributed by atoms with E-state index in [1.165, 1.54) is 5.56 Å². The van der Waals surface area contributed by atoms with Gasteiger partial charge in [0.25, 0.3) is 0 Å². The van der Waals surface area contributed by atoms with E-state index in [0.717, 1.165) is 44.1 Å². The van der Waals surface area contributed by atoms with E-state index in [0.29, 0.717) is 13.1 Å². The third-order valence-corrected chi connectivity index (χ3v) is 8.91. The molecule has 2 aromatic rings. The molecule has 1 saturated carbocycles. The van der Waals surface area contributed by atoms with E-state index in [1.807, 2.05) is 6.07 Å². The minimum atomic E-state index is -3.11. The van der Waals surface area contributed by atoms with Crippen LogP contribution in [0.3, 0.4) is 0 Å². The zero-order valence-electron chi connectivity index (χ0n) is 17.1. The lowest BCUT2D eigenvalue weighted by molar-refractivity contribution is 0.0605. The fourth-order valence-electron chi connectivity index (χ4n) is 4.85. The summed E-state index contributed by atoms with van der Waals surface area (Å²) in [6.45, 7) is 8.01. The third kappa shape index (κ3) is 3.41. The predicted molar refractivity (Wildman–Crippen MR) is 111 cm³/mol. The van der Waals surface area contributed by atoms with Gasteiger partial charge in [-0.25, -0.2) is 17.7 Å². The van der Waals surface area contributed by atoms with Gasteiger partial charge >= 0.3 is 0 Å². The number of aromatic nitrogens is 3. The van der Waals surface area contributed by atoms with Gasteiger partial charge in [0.1, 0.15) is 5.82 Å². The molecule has 8 heteroatoms. The Balaban J connectivity index is 1.39. The Morgan fingerprint density at radius 2 is 1.90 bits per heavy atom. The quantitative estimate of drug-likeness (QED) is 0.783. The van der Waals surface area contributed by atoms with Gasteiger partial charge in [-0.15, -0.1) is 0 Å². The first-order chi connectivity index (χ1) is 13.9. The Hall–Kier alpha value is -1.77. The van der Waals surface area contributed by atoms with Crippen LogP contribution in [-0.2, 0) is 16.6 Å². The van der Waals surface area contributed by atoms with Gasteiger partial charge in [0.15, 0.2) is 5.82 Å². The standard InChI is InChI=1S/C21H29N5O2S/c1-15(2)19-22-20(24-23-19)18-11-25(10-16-6-4-3-5-7-16)12-21(18)13-26(14-21)29(27,28)17-8-9-17/h3-7,15,17-18H,8-14H2,1-2H3,(H,22,23,24). The Morgan fingerprint density at radius 1 is 1.17 bits per heavy atom. The van der Waals surface area contributed by atoms with Crippen LogP contribution in [-0.4, -0.2) is 64.2 Å². The van der Waals surface area contributed by atoms with Crippen LogP contribution in [0.1, 0.15) is 55.7 Å². The summed E-state index contributed by atoms with van der Waals surface area (Å²) in [4.78, 5) is 7.23. The molecule has 0 radical (unpaired) electrons. The van der Waals surface area contributed by atoms with Gasteiger partial charge in [-0.2, -0.15) is 5.10 Å². The van der Waals surface area contributed by atoms with Gasteiger partial charge in [0, 0.05) is 50.0 Å². The summed E-state index contributed by atoms with van der Waals surface area (Å²) in [5.41, 5.74) is 1.20. The van der Waals surface area contributed by atoms with Crippen LogP contribution in [0.15, 0.2) is 30.3 Å². The Morgan fingerprint density at radius 3 is 2.52 bits per heavy atom. The van der Waals surface area contributed by atoms with Crippen molar-refractivity contribution < 1.29 is 8.42 Å². The molecule has 7 nitrogen and oxygen atoms in total. The number of nitrogens with zero attached hydrogens (tertiary/aromatic N) is 4. The first-order valence-corrected chi connectivity index (χ1v) is 12.1. The minimum Gasteiger partial charge on any atom is -0.298 e. The van der Waals surface area contributed by atoms with Crippen LogP contribution in [0.5, 0.6) is 0 Å². The second kappa shape index (κ2) is 6.89. The van der Waals surface area contributed by atoms with Crippen molar-refractivity contribution in [2.24, 2.45) is 5.41 Å². The number of hydrogen-bond donors (Lipinski definition) is 1. The van der Waals surface area contributed by atoms with E-state index >= 15 is 0 Å². The van der Waals surface area contributed by atoms with Crippen molar-refractivity contribution in [2.45, 2.75) is 50.3 Å². The van der Waals surface area contributed by atoms with Crippen LogP contribution >= 0.6 is 0 Å². The monoisotopic (exact) mass is 415 g/mol. The average Bonchev–Trinajstić information content (AvgIpc) is 3.29. The molecular weight excluding hydrogens is 386 g/mol. The van der Waals surface area contributed by atoms with Crippen molar-refractivity contribution in [3.05, 3.63) is 47.5 Å². The summed E-state index contributed by atoms with van der Waals surface area (Å²) in [7, 11) is -3.11. The molecule has 2 aliphatic heterocycles. The van der Waals surface area contributed by atoms with Crippen LogP contribution in [0.25, 0.3) is 0 Å². The minimum absolute atomic E-state index is 0.0788. The summed E-state index contributed by atoms with van der Waals surface area (Å²) in [5.74, 6) is 2.19. The van der Waals surface area contributed by atoms with E-state index in [4.69, 9.17) is 4.98 Å². The highest BCUT2D eigenvalue weighted by Gasteiger charge is 2.59. The van der Waals surface area contributed by atoms with Crippen LogP contribution in [0, 0.1) is 5.41 Å². The topological polar surface area (TPSA) is 82.2 Å². The number of H-pyrrole nitrogens is 1. The molecule has 0 amide bonds. The fourth-order valence-corrected chi connectivity index (χ4v) is 6.87. The maximum atomic E-state index is 12.7. The Bertz CT molecular complexity index is 978. The van der Waals surface area contributed by atoms with Crippen molar-refractivity contribution in [1.82, 2.24) is 24.4 Å². The molecule has 5 rings (SSSR count). The molecule has 1 atom stereocenters. The molecule has 1 unspecified atom stereocenters. The van der Waals surface area contributed by atoms with E-state index in [-0.39, 0.29) is 22.5 Å². The van der Waals surface area contributed by atoms with Gasteiger partial charge < -0.3 is 0 Å². The average molecular weight is 416 g/mol. The predicted octanol–water partition coefficient (Wildman–Crippen LogP) is 2.32. The normalized spacial score (nSPS) is 25.0. The van der Waals surface area contributed by atoms with Crippen molar-refractivity contribution in [1.29, 1.82) is 0 Å². The molecule has 0 bridgehead atoms. The lowest BCUT2D eigenvalue weighted by atomic mass is 9.72. The second-order valence-electron chi connectivity index (χ2n) is 9.32. The van der Waals surface area contributed by atoms with Crippen molar-refractivity contribution in [3.8, 4) is 0 Å². The second-order valence-corrected chi connectivity index (χ2v) is 11.5. The van der Waals surface area contributed by atoms with Crippen LogP contribution in [0.2, 0.25) is 0 Å². The van der Waals surface area contributed by atoms with Crippen molar-refractivity contribution in [3.63, 3.8) is 0 Å². The van der Waals surface area contributed by atoms with E-state index in [2.05, 4.69) is 53.2 Å². The van der Waals surface area contributed by atoms with Crippen molar-refractivity contribution >= 4 is 10.0 Å².